The third-order valence-corrected chi connectivity index (χ3v) is 4.36. The Bertz CT molecular complexity index is 581. The molecule has 1 amide bonds. The molecule has 0 fully saturated rings. The Hall–Kier alpha value is -1.19. The third kappa shape index (κ3) is 8.29. The van der Waals surface area contributed by atoms with Gasteiger partial charge in [-0.15, -0.1) is 12.4 Å². The largest absolute Gasteiger partial charge is 0.383 e. The van der Waals surface area contributed by atoms with E-state index in [1.165, 1.54) is 13.2 Å². The van der Waals surface area contributed by atoms with Crippen molar-refractivity contribution in [1.82, 2.24) is 15.4 Å². The van der Waals surface area contributed by atoms with Crippen LogP contribution < -0.4 is 15.4 Å². The van der Waals surface area contributed by atoms with E-state index in [0.717, 1.165) is 5.56 Å². The highest BCUT2D eigenvalue weighted by Crippen LogP contribution is 2.11. The predicted octanol–water partition coefficient (Wildman–Crippen LogP) is 0.259. The van der Waals surface area contributed by atoms with Crippen molar-refractivity contribution in [2.24, 2.45) is 0 Å². The van der Waals surface area contributed by atoms with Crippen molar-refractivity contribution in [3.63, 3.8) is 0 Å². The van der Waals surface area contributed by atoms with Gasteiger partial charge in [-0.05, 0) is 24.7 Å². The number of nitrogens with one attached hydrogen (secondary N) is 3. The molecule has 0 unspecified atom stereocenters. The topological polar surface area (TPSA) is 96.5 Å². The number of hydrogen-bond acceptors (Lipinski definition) is 5. The summed E-state index contributed by atoms with van der Waals surface area (Å²) in [5.41, 5.74) is 0.729. The Morgan fingerprint density at radius 1 is 1.26 bits per heavy atom. The minimum Gasteiger partial charge on any atom is -0.383 e. The predicted molar refractivity (Wildman–Crippen MR) is 91.1 cm³/mol. The normalized spacial score (nSPS) is 10.9. The summed E-state index contributed by atoms with van der Waals surface area (Å²) in [4.78, 5) is 11.7. The number of ether oxygens (including phenoxy) is 1. The van der Waals surface area contributed by atoms with Crippen LogP contribution in [0.1, 0.15) is 12.0 Å². The van der Waals surface area contributed by atoms with Gasteiger partial charge in [-0.3, -0.25) is 4.79 Å². The molecule has 0 bridgehead atoms. The smallest absolute Gasteiger partial charge is 0.240 e. The van der Waals surface area contributed by atoms with Crippen molar-refractivity contribution in [1.29, 1.82) is 0 Å². The fraction of sp³-hybridized carbons (Fsp3) is 0.500. The molecule has 1 aromatic carbocycles. The van der Waals surface area contributed by atoms with Crippen molar-refractivity contribution in [2.45, 2.75) is 17.9 Å². The first-order valence-electron chi connectivity index (χ1n) is 6.98. The Kier molecular flexibility index (Phi) is 10.8. The van der Waals surface area contributed by atoms with Gasteiger partial charge in [-0.2, -0.15) is 0 Å². The Labute approximate surface area is 143 Å². The summed E-state index contributed by atoms with van der Waals surface area (Å²) < 4.78 is 31.4. The molecule has 9 heteroatoms. The van der Waals surface area contributed by atoms with Crippen LogP contribution in [0.2, 0.25) is 0 Å². The number of carbonyl (C=O) groups is 1. The molecule has 0 spiro atoms. The number of halogens is 1. The molecule has 0 radical (unpaired) electrons. The zero-order chi connectivity index (χ0) is 16.4. The van der Waals surface area contributed by atoms with Gasteiger partial charge in [0.2, 0.25) is 15.9 Å². The molecule has 1 aromatic rings. The molecule has 7 nitrogen and oxygen atoms in total. The quantitative estimate of drug-likeness (QED) is 0.517. The molecule has 132 valence electrons. The number of hydrogen-bond donors (Lipinski definition) is 3. The van der Waals surface area contributed by atoms with E-state index in [1.807, 2.05) is 0 Å². The molecular weight excluding hydrogens is 342 g/mol. The van der Waals surface area contributed by atoms with E-state index in [9.17, 15) is 13.2 Å². The van der Waals surface area contributed by atoms with Gasteiger partial charge in [-0.25, -0.2) is 13.1 Å². The lowest BCUT2D eigenvalue weighted by Crippen LogP contribution is -2.28. The van der Waals surface area contributed by atoms with Crippen LogP contribution in [0.4, 0.5) is 0 Å². The molecule has 0 saturated carbocycles. The maximum Gasteiger partial charge on any atom is 0.240 e. The summed E-state index contributed by atoms with van der Waals surface area (Å²) in [7, 11) is -0.279. The lowest BCUT2D eigenvalue weighted by Gasteiger charge is -2.09. The molecule has 0 aliphatic heterocycles. The summed E-state index contributed by atoms with van der Waals surface area (Å²) in [6.45, 7) is 1.41. The van der Waals surface area contributed by atoms with E-state index in [2.05, 4.69) is 15.4 Å². The lowest BCUT2D eigenvalue weighted by molar-refractivity contribution is -0.121. The number of rotatable bonds is 10. The van der Waals surface area contributed by atoms with Crippen LogP contribution in [-0.2, 0) is 26.1 Å². The van der Waals surface area contributed by atoms with Gasteiger partial charge in [0.05, 0.1) is 11.5 Å². The van der Waals surface area contributed by atoms with E-state index < -0.39 is 10.0 Å². The highest BCUT2D eigenvalue weighted by molar-refractivity contribution is 7.89. The van der Waals surface area contributed by atoms with Crippen LogP contribution in [0, 0.1) is 0 Å². The summed E-state index contributed by atoms with van der Waals surface area (Å²) >= 11 is 0. The summed E-state index contributed by atoms with van der Waals surface area (Å²) in [6.07, 6.45) is 0.382. The van der Waals surface area contributed by atoms with Gasteiger partial charge >= 0.3 is 0 Å². The minimum atomic E-state index is -3.56. The highest BCUT2D eigenvalue weighted by Gasteiger charge is 2.13. The summed E-state index contributed by atoms with van der Waals surface area (Å²) in [6, 6.07) is 6.49. The van der Waals surface area contributed by atoms with Crippen LogP contribution in [0.3, 0.4) is 0 Å². The number of amides is 1. The van der Waals surface area contributed by atoms with E-state index in [4.69, 9.17) is 4.74 Å². The average molecular weight is 366 g/mol. The molecular formula is C14H24ClN3O4S. The number of carbonyl (C=O) groups excluding carboxylic acids is 1. The second kappa shape index (κ2) is 11.4. The third-order valence-electron chi connectivity index (χ3n) is 2.90. The Balaban J connectivity index is 0.00000484. The molecule has 0 aliphatic carbocycles. The molecule has 3 N–H and O–H groups in total. The van der Waals surface area contributed by atoms with Crippen LogP contribution in [0.15, 0.2) is 29.2 Å². The molecule has 0 aliphatic rings. The van der Waals surface area contributed by atoms with E-state index in [-0.39, 0.29) is 29.8 Å². The highest BCUT2D eigenvalue weighted by atomic mass is 35.5. The van der Waals surface area contributed by atoms with Crippen molar-refractivity contribution in [3.8, 4) is 0 Å². The van der Waals surface area contributed by atoms with Gasteiger partial charge < -0.3 is 15.4 Å². The summed E-state index contributed by atoms with van der Waals surface area (Å²) in [5, 5.41) is 5.64. The monoisotopic (exact) mass is 365 g/mol. The number of benzene rings is 1. The molecule has 23 heavy (non-hydrogen) atoms. The maximum atomic E-state index is 12.1. The number of methoxy groups -OCH3 is 1. The van der Waals surface area contributed by atoms with E-state index in [1.54, 1.807) is 25.2 Å². The average Bonchev–Trinajstić information content (AvgIpc) is 2.51. The second-order valence-electron chi connectivity index (χ2n) is 4.67. The second-order valence-corrected chi connectivity index (χ2v) is 6.44. The molecule has 0 atom stereocenters. The molecule has 0 aromatic heterocycles. The van der Waals surface area contributed by atoms with Crippen LogP contribution in [0.5, 0.6) is 0 Å². The van der Waals surface area contributed by atoms with Gasteiger partial charge in [0.25, 0.3) is 0 Å². The van der Waals surface area contributed by atoms with Gasteiger partial charge in [0, 0.05) is 33.2 Å². The van der Waals surface area contributed by atoms with Crippen molar-refractivity contribution in [3.05, 3.63) is 29.8 Å². The Morgan fingerprint density at radius 2 is 2.00 bits per heavy atom. The first-order valence-corrected chi connectivity index (χ1v) is 8.46. The van der Waals surface area contributed by atoms with Crippen molar-refractivity contribution >= 4 is 28.3 Å². The van der Waals surface area contributed by atoms with Gasteiger partial charge in [0.1, 0.15) is 0 Å². The first-order chi connectivity index (χ1) is 10.5. The summed E-state index contributed by atoms with van der Waals surface area (Å²) in [5.74, 6) is -0.0826. The zero-order valence-electron chi connectivity index (χ0n) is 13.3. The Morgan fingerprint density at radius 3 is 2.65 bits per heavy atom. The maximum absolute atomic E-state index is 12.1. The van der Waals surface area contributed by atoms with Crippen LogP contribution >= 0.6 is 12.4 Å². The van der Waals surface area contributed by atoms with Crippen molar-refractivity contribution in [2.75, 3.05) is 33.9 Å². The van der Waals surface area contributed by atoms with Gasteiger partial charge in [-0.1, -0.05) is 12.1 Å². The SMILES string of the molecule is CNCCC(=O)NCc1cccc(S(=O)(=O)NCCOC)c1.Cl. The van der Waals surface area contributed by atoms with Crippen LogP contribution in [-0.4, -0.2) is 48.2 Å². The minimum absolute atomic E-state index is 0. The van der Waals surface area contributed by atoms with Crippen LogP contribution in [0.25, 0.3) is 0 Å². The molecule has 1 rings (SSSR count). The van der Waals surface area contributed by atoms with E-state index in [0.29, 0.717) is 26.1 Å². The zero-order valence-corrected chi connectivity index (χ0v) is 14.9. The van der Waals surface area contributed by atoms with Crippen molar-refractivity contribution < 1.29 is 17.9 Å². The standard InChI is InChI=1S/C14H23N3O4S.ClH/c1-15-7-6-14(18)16-11-12-4-3-5-13(10-12)22(19,20)17-8-9-21-2;/h3-5,10,15,17H,6-9,11H2,1-2H3,(H,16,18);1H. The number of sulfonamides is 1. The lowest BCUT2D eigenvalue weighted by atomic mass is 10.2. The van der Waals surface area contributed by atoms with E-state index >= 15 is 0 Å². The van der Waals surface area contributed by atoms with Gasteiger partial charge in [0.15, 0.2) is 0 Å². The first kappa shape index (κ1) is 21.8. The molecule has 0 heterocycles. The fourth-order valence-corrected chi connectivity index (χ4v) is 2.79. The fourth-order valence-electron chi connectivity index (χ4n) is 1.71. The molecule has 0 saturated heterocycles.